The first-order valence-electron chi connectivity index (χ1n) is 5.41. The Bertz CT molecular complexity index is 327. The van der Waals surface area contributed by atoms with Crippen LogP contribution in [0.2, 0.25) is 0 Å². The van der Waals surface area contributed by atoms with E-state index >= 15 is 0 Å². The minimum atomic E-state index is -4.66. The van der Waals surface area contributed by atoms with Crippen molar-refractivity contribution in [3.63, 3.8) is 0 Å². The molecule has 0 heterocycles. The molecule has 0 bridgehead atoms. The standard InChI is InChI=1S/C6H15N.C4H6O5S/c1-4-7(5-2)6-3;1-3(5)2-4(6)10(7,8)9/h4-6H2,1-3H3;2H2,1H3,(H,7,8,9). The molecule has 0 amide bonds. The van der Waals surface area contributed by atoms with E-state index in [0.29, 0.717) is 0 Å². The van der Waals surface area contributed by atoms with Crippen LogP contribution in [-0.2, 0) is 19.7 Å². The van der Waals surface area contributed by atoms with Gasteiger partial charge in [-0.1, -0.05) is 20.8 Å². The third kappa shape index (κ3) is 11.5. The summed E-state index contributed by atoms with van der Waals surface area (Å²) in [6, 6.07) is 0. The van der Waals surface area contributed by atoms with Crippen LogP contribution in [0.3, 0.4) is 0 Å². The van der Waals surface area contributed by atoms with Crippen molar-refractivity contribution in [3.05, 3.63) is 0 Å². The third-order valence-electron chi connectivity index (χ3n) is 2.02. The number of hydrogen-bond acceptors (Lipinski definition) is 5. The maximum Gasteiger partial charge on any atom is 0.329 e. The molecule has 0 fully saturated rings. The molecule has 0 spiro atoms. The first-order chi connectivity index (χ1) is 7.68. The molecule has 0 radical (unpaired) electrons. The van der Waals surface area contributed by atoms with Crippen molar-refractivity contribution in [2.45, 2.75) is 34.1 Å². The highest BCUT2D eigenvalue weighted by Gasteiger charge is 2.19. The number of carbonyl (C=O) groups excluding carboxylic acids is 2. The first kappa shape index (κ1) is 18.6. The molecule has 0 aliphatic rings. The summed E-state index contributed by atoms with van der Waals surface area (Å²) in [6.45, 7) is 11.2. The lowest BCUT2D eigenvalue weighted by atomic mass is 10.3. The number of ketones is 1. The second kappa shape index (κ2) is 9.26. The third-order valence-corrected chi connectivity index (χ3v) is 2.74. The maximum atomic E-state index is 10.2. The molecule has 0 aliphatic carbocycles. The minimum Gasteiger partial charge on any atom is -0.304 e. The first-order valence-corrected chi connectivity index (χ1v) is 6.85. The van der Waals surface area contributed by atoms with Gasteiger partial charge in [0.2, 0.25) is 0 Å². The molecule has 7 heteroatoms. The van der Waals surface area contributed by atoms with E-state index in [-0.39, 0.29) is 0 Å². The predicted molar refractivity (Wildman–Crippen MR) is 65.3 cm³/mol. The smallest absolute Gasteiger partial charge is 0.304 e. The molecule has 0 rings (SSSR count). The van der Waals surface area contributed by atoms with E-state index in [2.05, 4.69) is 25.7 Å². The van der Waals surface area contributed by atoms with Crippen LogP contribution in [-0.4, -0.2) is 48.4 Å². The lowest BCUT2D eigenvalue weighted by molar-refractivity contribution is -0.122. The molecule has 0 atom stereocenters. The topological polar surface area (TPSA) is 91.8 Å². The molecule has 102 valence electrons. The summed E-state index contributed by atoms with van der Waals surface area (Å²) in [7, 11) is -4.66. The highest BCUT2D eigenvalue weighted by molar-refractivity contribution is 8.01. The lowest BCUT2D eigenvalue weighted by Gasteiger charge is -2.13. The van der Waals surface area contributed by atoms with Crippen molar-refractivity contribution in [1.82, 2.24) is 4.90 Å². The van der Waals surface area contributed by atoms with E-state index in [4.69, 9.17) is 4.55 Å². The Labute approximate surface area is 103 Å². The van der Waals surface area contributed by atoms with Gasteiger partial charge in [0.25, 0.3) is 5.12 Å². The minimum absolute atomic E-state index is 0.595. The van der Waals surface area contributed by atoms with Gasteiger partial charge >= 0.3 is 10.1 Å². The molecule has 0 aromatic carbocycles. The number of nitrogens with zero attached hydrogens (tertiary/aromatic N) is 1. The fourth-order valence-electron chi connectivity index (χ4n) is 0.965. The van der Waals surface area contributed by atoms with Crippen molar-refractivity contribution in [2.24, 2.45) is 0 Å². The Kier molecular flexibility index (Phi) is 10.1. The van der Waals surface area contributed by atoms with Gasteiger partial charge in [-0.3, -0.25) is 14.1 Å². The molecule has 0 unspecified atom stereocenters. The number of hydrogen-bond donors (Lipinski definition) is 1. The van der Waals surface area contributed by atoms with Gasteiger partial charge in [0.15, 0.2) is 0 Å². The SMILES string of the molecule is CC(=O)CC(=O)S(=O)(=O)O.CCN(CC)CC. The summed E-state index contributed by atoms with van der Waals surface area (Å²) in [4.78, 5) is 22.7. The van der Waals surface area contributed by atoms with Crippen LogP contribution in [0.25, 0.3) is 0 Å². The van der Waals surface area contributed by atoms with Crippen molar-refractivity contribution in [2.75, 3.05) is 19.6 Å². The van der Waals surface area contributed by atoms with Gasteiger partial charge in [0, 0.05) is 0 Å². The Morgan fingerprint density at radius 3 is 1.47 bits per heavy atom. The summed E-state index contributed by atoms with van der Waals surface area (Å²) in [5, 5.41) is -1.46. The van der Waals surface area contributed by atoms with Gasteiger partial charge in [-0.2, -0.15) is 8.42 Å². The Morgan fingerprint density at radius 1 is 1.06 bits per heavy atom. The van der Waals surface area contributed by atoms with E-state index in [1.54, 1.807) is 0 Å². The molecular weight excluding hydrogens is 246 g/mol. The zero-order chi connectivity index (χ0) is 14.1. The average Bonchev–Trinajstić information content (AvgIpc) is 2.19. The highest BCUT2D eigenvalue weighted by Crippen LogP contribution is 1.92. The summed E-state index contributed by atoms with van der Waals surface area (Å²) in [6.07, 6.45) is -0.765. The van der Waals surface area contributed by atoms with Gasteiger partial charge in [-0.25, -0.2) is 0 Å². The van der Waals surface area contributed by atoms with Crippen LogP contribution in [0.4, 0.5) is 0 Å². The molecule has 0 saturated carbocycles. The second-order valence-electron chi connectivity index (χ2n) is 3.35. The molecule has 0 aromatic rings. The summed E-state index contributed by atoms with van der Waals surface area (Å²) in [5.41, 5.74) is 0. The molecule has 0 aromatic heterocycles. The van der Waals surface area contributed by atoms with E-state index in [9.17, 15) is 18.0 Å². The van der Waals surface area contributed by atoms with Gasteiger partial charge in [-0.15, -0.1) is 0 Å². The summed E-state index contributed by atoms with van der Waals surface area (Å²) < 4.78 is 27.8. The molecular formula is C10H21NO5S. The normalized spacial score (nSPS) is 10.7. The summed E-state index contributed by atoms with van der Waals surface area (Å²) >= 11 is 0. The number of Topliss-reactive ketones (excluding diaryl/α,β-unsaturated/α-hetero) is 1. The number of rotatable bonds is 5. The Morgan fingerprint density at radius 2 is 1.41 bits per heavy atom. The van der Waals surface area contributed by atoms with Gasteiger partial charge < -0.3 is 4.90 Å². The molecule has 0 saturated heterocycles. The van der Waals surface area contributed by atoms with Crippen molar-refractivity contribution < 1.29 is 22.6 Å². The monoisotopic (exact) mass is 267 g/mol. The fourth-order valence-corrected chi connectivity index (χ4v) is 1.35. The highest BCUT2D eigenvalue weighted by atomic mass is 32.2. The number of carbonyl (C=O) groups is 2. The van der Waals surface area contributed by atoms with E-state index in [0.717, 1.165) is 6.92 Å². The van der Waals surface area contributed by atoms with Gasteiger partial charge in [0.1, 0.15) is 5.78 Å². The van der Waals surface area contributed by atoms with E-state index in [1.165, 1.54) is 19.6 Å². The summed E-state index contributed by atoms with van der Waals surface area (Å²) in [5.74, 6) is -0.595. The average molecular weight is 267 g/mol. The molecule has 6 nitrogen and oxygen atoms in total. The largest absolute Gasteiger partial charge is 0.329 e. The lowest BCUT2D eigenvalue weighted by Crippen LogP contribution is -2.21. The molecule has 17 heavy (non-hydrogen) atoms. The van der Waals surface area contributed by atoms with E-state index < -0.39 is 27.4 Å². The van der Waals surface area contributed by atoms with Crippen molar-refractivity contribution in [1.29, 1.82) is 0 Å². The zero-order valence-electron chi connectivity index (χ0n) is 10.8. The quantitative estimate of drug-likeness (QED) is 0.583. The Balaban J connectivity index is 0. The zero-order valence-corrected chi connectivity index (χ0v) is 11.6. The van der Waals surface area contributed by atoms with Crippen molar-refractivity contribution in [3.8, 4) is 0 Å². The van der Waals surface area contributed by atoms with Crippen LogP contribution < -0.4 is 0 Å². The van der Waals surface area contributed by atoms with E-state index in [1.807, 2.05) is 0 Å². The predicted octanol–water partition coefficient (Wildman–Crippen LogP) is 0.728. The maximum absolute atomic E-state index is 10.2. The second-order valence-corrected chi connectivity index (χ2v) is 4.75. The molecule has 1 N–H and O–H groups in total. The fraction of sp³-hybridized carbons (Fsp3) is 0.800. The van der Waals surface area contributed by atoms with Crippen LogP contribution in [0.5, 0.6) is 0 Å². The van der Waals surface area contributed by atoms with Crippen molar-refractivity contribution >= 4 is 21.0 Å². The van der Waals surface area contributed by atoms with Crippen LogP contribution in [0.1, 0.15) is 34.1 Å². The van der Waals surface area contributed by atoms with Crippen LogP contribution in [0.15, 0.2) is 0 Å². The Hall–Kier alpha value is -0.790. The van der Waals surface area contributed by atoms with Gasteiger partial charge in [0.05, 0.1) is 6.42 Å². The van der Waals surface area contributed by atoms with Crippen LogP contribution >= 0.6 is 0 Å². The van der Waals surface area contributed by atoms with Gasteiger partial charge in [-0.05, 0) is 26.6 Å². The molecule has 0 aliphatic heterocycles. The van der Waals surface area contributed by atoms with Crippen LogP contribution in [0, 0.1) is 0 Å².